The highest BCUT2D eigenvalue weighted by atomic mass is 35.5. The Bertz CT molecular complexity index is 763. The molecule has 154 valence electrons. The van der Waals surface area contributed by atoms with E-state index >= 15 is 0 Å². The third kappa shape index (κ3) is 6.50. The normalized spacial score (nSPS) is 17.0. The molecular weight excluding hydrogens is 395 g/mol. The molecule has 1 unspecified atom stereocenters. The highest BCUT2D eigenvalue weighted by molar-refractivity contribution is 6.36. The van der Waals surface area contributed by atoms with Crippen LogP contribution in [0, 0.1) is 0 Å². The average molecular weight is 425 g/mol. The molecule has 1 aliphatic rings. The molecule has 0 saturated carbocycles. The first-order chi connectivity index (χ1) is 13.5. The van der Waals surface area contributed by atoms with Crippen molar-refractivity contribution < 1.29 is 4.79 Å². The summed E-state index contributed by atoms with van der Waals surface area (Å²) in [6.45, 7) is 8.39. The van der Waals surface area contributed by atoms with Gasteiger partial charge in [0.15, 0.2) is 5.82 Å². The summed E-state index contributed by atoms with van der Waals surface area (Å²) in [6, 6.07) is 7.68. The molecule has 0 aliphatic carbocycles. The van der Waals surface area contributed by atoms with Gasteiger partial charge in [-0.1, -0.05) is 43.5 Å². The van der Waals surface area contributed by atoms with Gasteiger partial charge in [0.25, 0.3) is 0 Å². The molecule has 5 nitrogen and oxygen atoms in total. The number of carbonyl (C=O) groups is 1. The number of aromatic amines is 1. The van der Waals surface area contributed by atoms with Crippen LogP contribution in [-0.4, -0.2) is 40.1 Å². The van der Waals surface area contributed by atoms with Crippen LogP contribution in [0.15, 0.2) is 24.3 Å². The fourth-order valence-electron chi connectivity index (χ4n) is 3.37. The maximum atomic E-state index is 12.2. The summed E-state index contributed by atoms with van der Waals surface area (Å²) >= 11 is 12.1. The van der Waals surface area contributed by atoms with Gasteiger partial charge in [0.05, 0.1) is 10.7 Å². The molecule has 1 saturated heterocycles. The van der Waals surface area contributed by atoms with Crippen LogP contribution in [0.25, 0.3) is 11.3 Å². The van der Waals surface area contributed by atoms with Crippen LogP contribution in [0.3, 0.4) is 0 Å². The number of halogens is 2. The molecule has 0 spiro atoms. The van der Waals surface area contributed by atoms with E-state index in [9.17, 15) is 4.79 Å². The van der Waals surface area contributed by atoms with Gasteiger partial charge in [-0.3, -0.25) is 9.89 Å². The summed E-state index contributed by atoms with van der Waals surface area (Å²) in [5, 5.41) is 11.0. The SMILES string of the molecule is CC.CC1CCCCN1CCCC(=O)Nc1cc(-c2ccc(Cl)cc2Cl)[nH]n1. The molecule has 1 amide bonds. The third-order valence-corrected chi connectivity index (χ3v) is 5.40. The number of piperidine rings is 1. The summed E-state index contributed by atoms with van der Waals surface area (Å²) in [5.41, 5.74) is 1.53. The van der Waals surface area contributed by atoms with Crippen LogP contribution in [0.1, 0.15) is 52.9 Å². The van der Waals surface area contributed by atoms with Crippen molar-refractivity contribution in [3.8, 4) is 11.3 Å². The van der Waals surface area contributed by atoms with Crippen molar-refractivity contribution in [2.75, 3.05) is 18.4 Å². The predicted octanol–water partition coefficient (Wildman–Crippen LogP) is 6.00. The zero-order valence-corrected chi connectivity index (χ0v) is 18.4. The molecule has 1 aliphatic heterocycles. The van der Waals surface area contributed by atoms with Gasteiger partial charge in [-0.15, -0.1) is 0 Å². The Morgan fingerprint density at radius 1 is 1.29 bits per heavy atom. The van der Waals surface area contributed by atoms with Crippen LogP contribution >= 0.6 is 23.2 Å². The molecule has 1 aromatic heterocycles. The summed E-state index contributed by atoms with van der Waals surface area (Å²) in [4.78, 5) is 14.6. The van der Waals surface area contributed by atoms with Crippen molar-refractivity contribution in [3.05, 3.63) is 34.3 Å². The third-order valence-electron chi connectivity index (χ3n) is 4.86. The highest BCUT2D eigenvalue weighted by Gasteiger charge is 2.18. The summed E-state index contributed by atoms with van der Waals surface area (Å²) in [7, 11) is 0. The van der Waals surface area contributed by atoms with Gasteiger partial charge in [0, 0.05) is 29.1 Å². The zero-order valence-electron chi connectivity index (χ0n) is 16.9. The number of benzene rings is 1. The van der Waals surface area contributed by atoms with Gasteiger partial charge in [0.2, 0.25) is 5.91 Å². The van der Waals surface area contributed by atoms with E-state index in [0.29, 0.717) is 28.3 Å². The zero-order chi connectivity index (χ0) is 20.5. The predicted molar refractivity (Wildman–Crippen MR) is 118 cm³/mol. The first-order valence-electron chi connectivity index (χ1n) is 10.1. The molecule has 2 N–H and O–H groups in total. The smallest absolute Gasteiger partial charge is 0.225 e. The van der Waals surface area contributed by atoms with Gasteiger partial charge < -0.3 is 10.2 Å². The lowest BCUT2D eigenvalue weighted by Gasteiger charge is -2.33. The Labute approximate surface area is 177 Å². The second-order valence-electron chi connectivity index (χ2n) is 6.82. The minimum Gasteiger partial charge on any atom is -0.309 e. The molecular formula is C21H30Cl2N4O. The van der Waals surface area contributed by atoms with Crippen molar-refractivity contribution in [2.45, 2.75) is 58.9 Å². The number of H-pyrrole nitrogens is 1. The molecule has 28 heavy (non-hydrogen) atoms. The first kappa shape index (κ1) is 22.7. The van der Waals surface area contributed by atoms with Crippen molar-refractivity contribution in [3.63, 3.8) is 0 Å². The fraction of sp³-hybridized carbons (Fsp3) is 0.524. The highest BCUT2D eigenvalue weighted by Crippen LogP contribution is 2.30. The monoisotopic (exact) mass is 424 g/mol. The Kier molecular flexibility index (Phi) is 9.29. The number of amides is 1. The van der Waals surface area contributed by atoms with Crippen molar-refractivity contribution in [1.29, 1.82) is 0 Å². The topological polar surface area (TPSA) is 61.0 Å². The van der Waals surface area contributed by atoms with E-state index in [4.69, 9.17) is 23.2 Å². The van der Waals surface area contributed by atoms with Gasteiger partial charge in [-0.25, -0.2) is 0 Å². The van der Waals surface area contributed by atoms with Crippen molar-refractivity contribution >= 4 is 34.9 Å². The second kappa shape index (κ2) is 11.4. The molecule has 1 atom stereocenters. The van der Waals surface area contributed by atoms with E-state index in [-0.39, 0.29) is 5.91 Å². The van der Waals surface area contributed by atoms with Crippen LogP contribution in [0.2, 0.25) is 10.0 Å². The van der Waals surface area contributed by atoms with E-state index in [1.807, 2.05) is 19.9 Å². The quantitative estimate of drug-likeness (QED) is 0.597. The Morgan fingerprint density at radius 2 is 2.07 bits per heavy atom. The number of carbonyl (C=O) groups excluding carboxylic acids is 1. The lowest BCUT2D eigenvalue weighted by Crippen LogP contribution is -2.38. The fourth-order valence-corrected chi connectivity index (χ4v) is 3.88. The molecule has 3 rings (SSSR count). The van der Waals surface area contributed by atoms with E-state index in [1.54, 1.807) is 18.2 Å². The van der Waals surface area contributed by atoms with Crippen LogP contribution in [0.5, 0.6) is 0 Å². The molecule has 1 fully saturated rings. The van der Waals surface area contributed by atoms with Gasteiger partial charge in [0.1, 0.15) is 0 Å². The van der Waals surface area contributed by atoms with Crippen molar-refractivity contribution in [1.82, 2.24) is 15.1 Å². The number of hydrogen-bond donors (Lipinski definition) is 2. The standard InChI is InChI=1S/C19H24Cl2N4O.C2H6/c1-13-5-2-3-9-25(13)10-4-6-19(26)22-18-12-17(23-24-18)15-8-7-14(20)11-16(15)21;1-2/h7-8,11-13H,2-6,9-10H2,1H3,(H2,22,23,24,26);1-2H3. The minimum absolute atomic E-state index is 0.0186. The van der Waals surface area contributed by atoms with E-state index < -0.39 is 0 Å². The molecule has 2 heterocycles. The van der Waals surface area contributed by atoms with Crippen LogP contribution < -0.4 is 5.32 Å². The van der Waals surface area contributed by atoms with Gasteiger partial charge >= 0.3 is 0 Å². The number of nitrogens with zero attached hydrogens (tertiary/aromatic N) is 2. The lowest BCUT2D eigenvalue weighted by atomic mass is 10.0. The molecule has 0 radical (unpaired) electrons. The van der Waals surface area contributed by atoms with Crippen LogP contribution in [0.4, 0.5) is 5.82 Å². The molecule has 1 aromatic carbocycles. The minimum atomic E-state index is -0.0186. The molecule has 7 heteroatoms. The summed E-state index contributed by atoms with van der Waals surface area (Å²) < 4.78 is 0. The number of nitrogens with one attached hydrogen (secondary N) is 2. The van der Waals surface area contributed by atoms with Gasteiger partial charge in [-0.05, 0) is 57.5 Å². The number of anilines is 1. The maximum Gasteiger partial charge on any atom is 0.225 e. The summed E-state index contributed by atoms with van der Waals surface area (Å²) in [6.07, 6.45) is 5.19. The number of aromatic nitrogens is 2. The van der Waals surface area contributed by atoms with Crippen molar-refractivity contribution in [2.24, 2.45) is 0 Å². The number of rotatable bonds is 6. The number of hydrogen-bond acceptors (Lipinski definition) is 3. The van der Waals surface area contributed by atoms with Crippen LogP contribution in [-0.2, 0) is 4.79 Å². The average Bonchev–Trinajstić information content (AvgIpc) is 3.13. The van der Waals surface area contributed by atoms with E-state index in [0.717, 1.165) is 30.8 Å². The first-order valence-corrected chi connectivity index (χ1v) is 10.8. The molecule has 0 bridgehead atoms. The Morgan fingerprint density at radius 3 is 2.79 bits per heavy atom. The Hall–Kier alpha value is -1.56. The van der Waals surface area contributed by atoms with Gasteiger partial charge in [-0.2, -0.15) is 5.10 Å². The Balaban J connectivity index is 0.00000136. The van der Waals surface area contributed by atoms with E-state index in [2.05, 4.69) is 27.3 Å². The maximum absolute atomic E-state index is 12.2. The second-order valence-corrected chi connectivity index (χ2v) is 7.67. The molecule has 2 aromatic rings. The summed E-state index contributed by atoms with van der Waals surface area (Å²) in [5.74, 6) is 0.484. The van der Waals surface area contributed by atoms with E-state index in [1.165, 1.54) is 19.3 Å². The lowest BCUT2D eigenvalue weighted by molar-refractivity contribution is -0.116. The largest absolute Gasteiger partial charge is 0.309 e. The number of likely N-dealkylation sites (tertiary alicyclic amines) is 1.